The van der Waals surface area contributed by atoms with Gasteiger partial charge in [0, 0.05) is 12.0 Å². The van der Waals surface area contributed by atoms with E-state index in [4.69, 9.17) is 15.2 Å². The monoisotopic (exact) mass is 377 g/mol. The molecule has 3 aromatic rings. The number of hydrogen-bond acceptors (Lipinski definition) is 6. The molecule has 0 saturated carbocycles. The van der Waals surface area contributed by atoms with Crippen molar-refractivity contribution in [3.63, 3.8) is 0 Å². The van der Waals surface area contributed by atoms with Crippen molar-refractivity contribution in [3.05, 3.63) is 71.4 Å². The lowest BCUT2D eigenvalue weighted by molar-refractivity contribution is 0.0525. The largest absolute Gasteiger partial charge is 0.493 e. The third kappa shape index (κ3) is 4.65. The molecule has 0 spiro atoms. The van der Waals surface area contributed by atoms with E-state index in [1.165, 1.54) is 5.56 Å². The van der Waals surface area contributed by atoms with Gasteiger partial charge in [0.1, 0.15) is 11.3 Å². The van der Waals surface area contributed by atoms with Gasteiger partial charge in [-0.25, -0.2) is 14.8 Å². The topological polar surface area (TPSA) is 87.3 Å². The fourth-order valence-electron chi connectivity index (χ4n) is 2.92. The molecule has 0 aliphatic rings. The Morgan fingerprint density at radius 1 is 1.07 bits per heavy atom. The maximum atomic E-state index is 12.4. The second-order valence-electron chi connectivity index (χ2n) is 6.22. The molecule has 6 nitrogen and oxygen atoms in total. The SMILES string of the molecule is CCOC(=O)c1c(C)nc(N)nc1-c1cccc(OCCc2ccccc2)c1. The summed E-state index contributed by atoms with van der Waals surface area (Å²) in [5.41, 5.74) is 8.99. The number of aromatic nitrogens is 2. The number of aryl methyl sites for hydroxylation is 1. The van der Waals surface area contributed by atoms with Crippen molar-refractivity contribution in [2.45, 2.75) is 20.3 Å². The molecule has 0 radical (unpaired) electrons. The van der Waals surface area contributed by atoms with Crippen molar-refractivity contribution >= 4 is 11.9 Å². The zero-order chi connectivity index (χ0) is 19.9. The number of carbonyl (C=O) groups excluding carboxylic acids is 1. The molecule has 0 aliphatic heterocycles. The minimum absolute atomic E-state index is 0.107. The van der Waals surface area contributed by atoms with Crippen LogP contribution in [0.15, 0.2) is 54.6 Å². The van der Waals surface area contributed by atoms with E-state index < -0.39 is 5.97 Å². The fourth-order valence-corrected chi connectivity index (χ4v) is 2.92. The number of esters is 1. The Morgan fingerprint density at radius 2 is 1.86 bits per heavy atom. The Morgan fingerprint density at radius 3 is 2.61 bits per heavy atom. The number of nitrogens with zero attached hydrogens (tertiary/aromatic N) is 2. The maximum absolute atomic E-state index is 12.4. The second kappa shape index (κ2) is 8.99. The normalized spacial score (nSPS) is 10.5. The van der Waals surface area contributed by atoms with Crippen molar-refractivity contribution in [1.29, 1.82) is 0 Å². The van der Waals surface area contributed by atoms with Crippen LogP contribution in [0.2, 0.25) is 0 Å². The molecule has 2 aromatic carbocycles. The number of anilines is 1. The van der Waals surface area contributed by atoms with Gasteiger partial charge in [0.25, 0.3) is 0 Å². The van der Waals surface area contributed by atoms with Crippen LogP contribution in [-0.2, 0) is 11.2 Å². The van der Waals surface area contributed by atoms with Gasteiger partial charge in [-0.3, -0.25) is 0 Å². The van der Waals surface area contributed by atoms with E-state index in [0.717, 1.165) is 12.0 Å². The van der Waals surface area contributed by atoms with Gasteiger partial charge in [0.05, 0.1) is 24.6 Å². The van der Waals surface area contributed by atoms with Crippen molar-refractivity contribution in [1.82, 2.24) is 9.97 Å². The first kappa shape index (κ1) is 19.4. The first-order chi connectivity index (χ1) is 13.6. The summed E-state index contributed by atoms with van der Waals surface area (Å²) in [6, 6.07) is 17.6. The van der Waals surface area contributed by atoms with E-state index in [1.54, 1.807) is 13.8 Å². The number of nitrogen functional groups attached to an aromatic ring is 1. The predicted octanol–water partition coefficient (Wildman–Crippen LogP) is 3.83. The predicted molar refractivity (Wildman–Crippen MR) is 108 cm³/mol. The van der Waals surface area contributed by atoms with Gasteiger partial charge >= 0.3 is 5.97 Å². The molecule has 144 valence electrons. The van der Waals surface area contributed by atoms with E-state index in [2.05, 4.69) is 22.1 Å². The highest BCUT2D eigenvalue weighted by molar-refractivity contribution is 5.97. The van der Waals surface area contributed by atoms with Crippen LogP contribution in [0.3, 0.4) is 0 Å². The molecule has 0 bridgehead atoms. The molecule has 0 aliphatic carbocycles. The lowest BCUT2D eigenvalue weighted by Crippen LogP contribution is -2.13. The number of rotatable bonds is 7. The summed E-state index contributed by atoms with van der Waals surface area (Å²) in [5, 5.41) is 0. The lowest BCUT2D eigenvalue weighted by atomic mass is 10.0. The van der Waals surface area contributed by atoms with E-state index in [-0.39, 0.29) is 12.6 Å². The summed E-state index contributed by atoms with van der Waals surface area (Å²) >= 11 is 0. The third-order valence-electron chi connectivity index (χ3n) is 4.20. The van der Waals surface area contributed by atoms with Crippen LogP contribution in [0, 0.1) is 6.92 Å². The number of ether oxygens (including phenoxy) is 2. The quantitative estimate of drug-likeness (QED) is 0.630. The molecule has 0 fully saturated rings. The molecule has 1 aromatic heterocycles. The molecule has 28 heavy (non-hydrogen) atoms. The average molecular weight is 377 g/mol. The highest BCUT2D eigenvalue weighted by Gasteiger charge is 2.20. The van der Waals surface area contributed by atoms with Crippen molar-refractivity contribution in [2.75, 3.05) is 18.9 Å². The fraction of sp³-hybridized carbons (Fsp3) is 0.227. The van der Waals surface area contributed by atoms with E-state index in [9.17, 15) is 4.79 Å². The van der Waals surface area contributed by atoms with Crippen LogP contribution < -0.4 is 10.5 Å². The minimum atomic E-state index is -0.467. The first-order valence-electron chi connectivity index (χ1n) is 9.17. The van der Waals surface area contributed by atoms with Gasteiger partial charge in [-0.05, 0) is 31.5 Å². The van der Waals surface area contributed by atoms with Gasteiger partial charge < -0.3 is 15.2 Å². The summed E-state index contributed by atoms with van der Waals surface area (Å²) < 4.78 is 11.1. The summed E-state index contributed by atoms with van der Waals surface area (Å²) in [4.78, 5) is 20.8. The second-order valence-corrected chi connectivity index (χ2v) is 6.22. The molecule has 0 amide bonds. The molecule has 3 rings (SSSR count). The van der Waals surface area contributed by atoms with Gasteiger partial charge in [0.2, 0.25) is 5.95 Å². The molecule has 0 unspecified atom stereocenters. The molecule has 0 saturated heterocycles. The third-order valence-corrected chi connectivity index (χ3v) is 4.20. The van der Waals surface area contributed by atoms with Crippen LogP contribution in [0.4, 0.5) is 5.95 Å². The first-order valence-corrected chi connectivity index (χ1v) is 9.17. The molecule has 2 N–H and O–H groups in total. The van der Waals surface area contributed by atoms with E-state index in [1.807, 2.05) is 42.5 Å². The Bertz CT molecular complexity index is 958. The smallest absolute Gasteiger partial charge is 0.342 e. The maximum Gasteiger partial charge on any atom is 0.342 e. The Balaban J connectivity index is 1.84. The summed E-state index contributed by atoms with van der Waals surface area (Å²) in [7, 11) is 0. The van der Waals surface area contributed by atoms with Gasteiger partial charge in [-0.15, -0.1) is 0 Å². The average Bonchev–Trinajstić information content (AvgIpc) is 2.68. The summed E-state index contributed by atoms with van der Waals surface area (Å²) in [6.45, 7) is 4.29. The van der Waals surface area contributed by atoms with Gasteiger partial charge in [-0.1, -0.05) is 42.5 Å². The number of hydrogen-bond donors (Lipinski definition) is 1. The van der Waals surface area contributed by atoms with Crippen LogP contribution in [-0.4, -0.2) is 29.2 Å². The van der Waals surface area contributed by atoms with Crippen molar-refractivity contribution in [2.24, 2.45) is 0 Å². The number of benzene rings is 2. The zero-order valence-electron chi connectivity index (χ0n) is 16.0. The molecule has 1 heterocycles. The standard InChI is InChI=1S/C22H23N3O3/c1-3-27-21(26)19-15(2)24-22(23)25-20(19)17-10-7-11-18(14-17)28-13-12-16-8-5-4-6-9-16/h4-11,14H,3,12-13H2,1-2H3,(H2,23,24,25). The lowest BCUT2D eigenvalue weighted by Gasteiger charge is -2.13. The molecular formula is C22H23N3O3. The van der Waals surface area contributed by atoms with E-state index >= 15 is 0 Å². The molecular weight excluding hydrogens is 354 g/mol. The Hall–Kier alpha value is -3.41. The zero-order valence-corrected chi connectivity index (χ0v) is 16.0. The van der Waals surface area contributed by atoms with Crippen LogP contribution >= 0.6 is 0 Å². The summed E-state index contributed by atoms with van der Waals surface area (Å²) in [6.07, 6.45) is 0.804. The van der Waals surface area contributed by atoms with Crippen LogP contribution in [0.25, 0.3) is 11.3 Å². The summed E-state index contributed by atoms with van der Waals surface area (Å²) in [5.74, 6) is 0.333. The Labute approximate surface area is 164 Å². The van der Waals surface area contributed by atoms with Gasteiger partial charge in [0.15, 0.2) is 0 Å². The van der Waals surface area contributed by atoms with Crippen LogP contribution in [0.1, 0.15) is 28.5 Å². The highest BCUT2D eigenvalue weighted by atomic mass is 16.5. The molecule has 0 atom stereocenters. The highest BCUT2D eigenvalue weighted by Crippen LogP contribution is 2.28. The number of carbonyl (C=O) groups is 1. The number of nitrogens with two attached hydrogens (primary N) is 1. The van der Waals surface area contributed by atoms with Crippen molar-refractivity contribution in [3.8, 4) is 17.0 Å². The van der Waals surface area contributed by atoms with E-state index in [0.29, 0.717) is 29.3 Å². The van der Waals surface area contributed by atoms with Crippen molar-refractivity contribution < 1.29 is 14.3 Å². The van der Waals surface area contributed by atoms with Gasteiger partial charge in [-0.2, -0.15) is 0 Å². The molecule has 6 heteroatoms. The van der Waals surface area contributed by atoms with Crippen LogP contribution in [0.5, 0.6) is 5.75 Å². The Kier molecular flexibility index (Phi) is 6.22. The minimum Gasteiger partial charge on any atom is -0.493 e.